The summed E-state index contributed by atoms with van der Waals surface area (Å²) < 4.78 is 5.87. The Kier molecular flexibility index (Phi) is 4.86. The molecule has 4 rings (SSSR count). The Hall–Kier alpha value is -1.72. The summed E-state index contributed by atoms with van der Waals surface area (Å²) >= 11 is 0. The second-order valence-electron chi connectivity index (χ2n) is 7.41. The Morgan fingerprint density at radius 1 is 1.08 bits per heavy atom. The fourth-order valence-corrected chi connectivity index (χ4v) is 3.84. The van der Waals surface area contributed by atoms with Gasteiger partial charge < -0.3 is 9.64 Å². The van der Waals surface area contributed by atoms with Crippen LogP contribution in [-0.4, -0.2) is 60.8 Å². The second-order valence-corrected chi connectivity index (χ2v) is 7.41. The van der Waals surface area contributed by atoms with Gasteiger partial charge in [-0.2, -0.15) is 0 Å². The molecule has 2 aliphatic heterocycles. The van der Waals surface area contributed by atoms with E-state index in [-0.39, 0.29) is 12.0 Å². The van der Waals surface area contributed by atoms with E-state index >= 15 is 0 Å². The number of Topliss-reactive ketones (excluding diaryl/α,β-unsaturated/α-hetero) is 1. The molecule has 0 aromatic heterocycles. The Morgan fingerprint density at radius 2 is 1.84 bits per heavy atom. The molecule has 3 aliphatic rings. The van der Waals surface area contributed by atoms with E-state index in [4.69, 9.17) is 4.74 Å². The number of fused-ring (bicyclic) bond motifs is 1. The van der Waals surface area contributed by atoms with Gasteiger partial charge in [-0.3, -0.25) is 14.5 Å². The number of rotatable bonds is 5. The molecular formula is C20H26N2O3. The molecule has 2 heterocycles. The van der Waals surface area contributed by atoms with E-state index < -0.39 is 0 Å². The molecule has 0 radical (unpaired) electrons. The molecule has 1 unspecified atom stereocenters. The lowest BCUT2D eigenvalue weighted by Gasteiger charge is -2.35. The summed E-state index contributed by atoms with van der Waals surface area (Å²) in [5, 5.41) is 0. The van der Waals surface area contributed by atoms with Gasteiger partial charge in [0, 0.05) is 32.1 Å². The van der Waals surface area contributed by atoms with Crippen LogP contribution < -0.4 is 0 Å². The minimum atomic E-state index is -0.119. The van der Waals surface area contributed by atoms with Crippen molar-refractivity contribution in [2.24, 2.45) is 5.92 Å². The number of ketones is 1. The number of carbonyl (C=O) groups is 2. The lowest BCUT2D eigenvalue weighted by atomic mass is 9.95. The SMILES string of the molecule is O=C(CN1CCN(C(=O)CC2OCCc3ccccc32)CC1)C1CC1. The van der Waals surface area contributed by atoms with E-state index in [1.165, 1.54) is 5.56 Å². The molecular weight excluding hydrogens is 316 g/mol. The second kappa shape index (κ2) is 7.26. The van der Waals surface area contributed by atoms with E-state index in [0.29, 0.717) is 44.4 Å². The smallest absolute Gasteiger partial charge is 0.225 e. The monoisotopic (exact) mass is 342 g/mol. The minimum absolute atomic E-state index is 0.119. The maximum absolute atomic E-state index is 12.7. The lowest BCUT2D eigenvalue weighted by Crippen LogP contribution is -2.50. The molecule has 5 nitrogen and oxygen atoms in total. The molecule has 0 bridgehead atoms. The molecule has 1 saturated heterocycles. The summed E-state index contributed by atoms with van der Waals surface area (Å²) in [5.74, 6) is 0.866. The standard InChI is InChI=1S/C20H26N2O3/c23-18(16-5-6-16)14-21-8-10-22(11-9-21)20(24)13-19-17-4-2-1-3-15(17)7-12-25-19/h1-4,16,19H,5-14H2. The first-order chi connectivity index (χ1) is 12.2. The van der Waals surface area contributed by atoms with Crippen molar-refractivity contribution in [1.82, 2.24) is 9.80 Å². The zero-order chi connectivity index (χ0) is 17.2. The lowest BCUT2D eigenvalue weighted by molar-refractivity contribution is -0.136. The zero-order valence-electron chi connectivity index (χ0n) is 14.7. The normalized spacial score (nSPS) is 24.0. The quantitative estimate of drug-likeness (QED) is 0.819. The maximum Gasteiger partial charge on any atom is 0.225 e. The van der Waals surface area contributed by atoms with Crippen LogP contribution >= 0.6 is 0 Å². The van der Waals surface area contributed by atoms with Gasteiger partial charge in [-0.15, -0.1) is 0 Å². The van der Waals surface area contributed by atoms with Crippen LogP contribution in [-0.2, 0) is 20.7 Å². The first kappa shape index (κ1) is 16.7. The van der Waals surface area contributed by atoms with Crippen LogP contribution in [0.2, 0.25) is 0 Å². The van der Waals surface area contributed by atoms with E-state index in [9.17, 15) is 9.59 Å². The van der Waals surface area contributed by atoms with Gasteiger partial charge in [0.15, 0.2) is 0 Å². The van der Waals surface area contributed by atoms with Crippen molar-refractivity contribution in [3.05, 3.63) is 35.4 Å². The number of hydrogen-bond acceptors (Lipinski definition) is 4. The van der Waals surface area contributed by atoms with Gasteiger partial charge in [-0.05, 0) is 30.4 Å². The predicted molar refractivity (Wildman–Crippen MR) is 94.2 cm³/mol. The third-order valence-electron chi connectivity index (χ3n) is 5.59. The van der Waals surface area contributed by atoms with Crippen molar-refractivity contribution in [2.45, 2.75) is 31.8 Å². The molecule has 1 saturated carbocycles. The largest absolute Gasteiger partial charge is 0.373 e. The van der Waals surface area contributed by atoms with Crippen molar-refractivity contribution < 1.29 is 14.3 Å². The van der Waals surface area contributed by atoms with Crippen molar-refractivity contribution in [3.63, 3.8) is 0 Å². The van der Waals surface area contributed by atoms with Crippen LogP contribution in [0.15, 0.2) is 24.3 Å². The molecule has 1 amide bonds. The Labute approximate surface area is 148 Å². The number of benzene rings is 1. The van der Waals surface area contributed by atoms with E-state index in [1.54, 1.807) is 0 Å². The molecule has 134 valence electrons. The predicted octanol–water partition coefficient (Wildman–Crippen LogP) is 1.81. The molecule has 0 spiro atoms. The maximum atomic E-state index is 12.7. The number of hydrogen-bond donors (Lipinski definition) is 0. The van der Waals surface area contributed by atoms with Crippen molar-refractivity contribution >= 4 is 11.7 Å². The Balaban J connectivity index is 1.29. The van der Waals surface area contributed by atoms with Crippen LogP contribution in [0.25, 0.3) is 0 Å². The van der Waals surface area contributed by atoms with Crippen molar-refractivity contribution in [2.75, 3.05) is 39.3 Å². The summed E-state index contributed by atoms with van der Waals surface area (Å²) in [6.07, 6.45) is 3.36. The van der Waals surface area contributed by atoms with Crippen molar-refractivity contribution in [1.29, 1.82) is 0 Å². The van der Waals surface area contributed by atoms with Gasteiger partial charge >= 0.3 is 0 Å². The van der Waals surface area contributed by atoms with Gasteiger partial charge in [0.25, 0.3) is 0 Å². The minimum Gasteiger partial charge on any atom is -0.373 e. The fourth-order valence-electron chi connectivity index (χ4n) is 3.84. The number of nitrogens with zero attached hydrogens (tertiary/aromatic N) is 2. The average Bonchev–Trinajstić information content (AvgIpc) is 3.48. The number of amides is 1. The molecule has 1 aliphatic carbocycles. The highest BCUT2D eigenvalue weighted by atomic mass is 16.5. The number of carbonyl (C=O) groups excluding carboxylic acids is 2. The van der Waals surface area contributed by atoms with Crippen LogP contribution in [0.3, 0.4) is 0 Å². The van der Waals surface area contributed by atoms with Gasteiger partial charge in [0.1, 0.15) is 5.78 Å². The van der Waals surface area contributed by atoms with E-state index in [0.717, 1.165) is 37.9 Å². The summed E-state index contributed by atoms with van der Waals surface area (Å²) in [4.78, 5) is 28.7. The van der Waals surface area contributed by atoms with Gasteiger partial charge in [0.05, 0.1) is 25.7 Å². The molecule has 1 aromatic carbocycles. The van der Waals surface area contributed by atoms with Crippen LogP contribution in [0.4, 0.5) is 0 Å². The summed E-state index contributed by atoms with van der Waals surface area (Å²) in [6, 6.07) is 8.27. The average molecular weight is 342 g/mol. The van der Waals surface area contributed by atoms with Crippen LogP contribution in [0, 0.1) is 5.92 Å². The highest BCUT2D eigenvalue weighted by molar-refractivity contribution is 5.85. The summed E-state index contributed by atoms with van der Waals surface area (Å²) in [5.41, 5.74) is 2.46. The third kappa shape index (κ3) is 3.93. The molecule has 1 atom stereocenters. The number of ether oxygens (including phenoxy) is 1. The van der Waals surface area contributed by atoms with Crippen molar-refractivity contribution in [3.8, 4) is 0 Å². The highest BCUT2D eigenvalue weighted by Crippen LogP contribution is 2.31. The van der Waals surface area contributed by atoms with E-state index in [1.807, 2.05) is 17.0 Å². The molecule has 25 heavy (non-hydrogen) atoms. The molecule has 0 N–H and O–H groups in total. The first-order valence-corrected chi connectivity index (χ1v) is 9.43. The number of piperazine rings is 1. The fraction of sp³-hybridized carbons (Fsp3) is 0.600. The summed E-state index contributed by atoms with van der Waals surface area (Å²) in [6.45, 7) is 4.27. The Bertz CT molecular complexity index is 648. The van der Waals surface area contributed by atoms with Crippen LogP contribution in [0.5, 0.6) is 0 Å². The molecule has 5 heteroatoms. The summed E-state index contributed by atoms with van der Waals surface area (Å²) in [7, 11) is 0. The topological polar surface area (TPSA) is 49.9 Å². The third-order valence-corrected chi connectivity index (χ3v) is 5.59. The highest BCUT2D eigenvalue weighted by Gasteiger charge is 2.32. The van der Waals surface area contributed by atoms with E-state index in [2.05, 4.69) is 17.0 Å². The van der Waals surface area contributed by atoms with Gasteiger partial charge in [0.2, 0.25) is 5.91 Å². The van der Waals surface area contributed by atoms with Gasteiger partial charge in [-0.25, -0.2) is 0 Å². The van der Waals surface area contributed by atoms with Gasteiger partial charge in [-0.1, -0.05) is 24.3 Å². The Morgan fingerprint density at radius 3 is 2.60 bits per heavy atom. The van der Waals surface area contributed by atoms with Crippen LogP contribution in [0.1, 0.15) is 36.5 Å². The zero-order valence-corrected chi connectivity index (χ0v) is 14.7. The first-order valence-electron chi connectivity index (χ1n) is 9.43. The molecule has 2 fully saturated rings. The molecule has 1 aromatic rings.